The molecule has 0 radical (unpaired) electrons. The number of benzene rings is 1. The van der Waals surface area contributed by atoms with Gasteiger partial charge in [0.1, 0.15) is 6.61 Å². The summed E-state index contributed by atoms with van der Waals surface area (Å²) in [5, 5.41) is 3.01. The lowest BCUT2D eigenvalue weighted by molar-refractivity contribution is 0.127. The van der Waals surface area contributed by atoms with Crippen LogP contribution in [0.25, 0.3) is 0 Å². The molecule has 2 saturated heterocycles. The van der Waals surface area contributed by atoms with E-state index in [1.54, 1.807) is 9.80 Å². The summed E-state index contributed by atoms with van der Waals surface area (Å²) in [5.41, 5.74) is 4.04. The Kier molecular flexibility index (Phi) is 4.04. The van der Waals surface area contributed by atoms with E-state index in [9.17, 15) is 9.59 Å². The molecule has 2 heterocycles. The van der Waals surface area contributed by atoms with Crippen molar-refractivity contribution in [2.75, 3.05) is 26.2 Å². The third-order valence-corrected chi connectivity index (χ3v) is 5.26. The van der Waals surface area contributed by atoms with Gasteiger partial charge >= 0.3 is 12.1 Å². The van der Waals surface area contributed by atoms with Crippen molar-refractivity contribution >= 4 is 12.1 Å². The molecule has 0 bridgehead atoms. The fraction of sp³-hybridized carbons (Fsp3) is 0.556. The van der Waals surface area contributed by atoms with Crippen molar-refractivity contribution in [2.45, 2.75) is 38.3 Å². The maximum absolute atomic E-state index is 12.4. The van der Waals surface area contributed by atoms with Crippen LogP contribution in [-0.4, -0.2) is 54.2 Å². The number of piperazine rings is 1. The lowest BCUT2D eigenvalue weighted by Crippen LogP contribution is -2.55. The van der Waals surface area contributed by atoms with E-state index in [1.807, 2.05) is 0 Å². The number of ether oxygens (including phenoxy) is 1. The monoisotopic (exact) mass is 329 g/mol. The van der Waals surface area contributed by atoms with Crippen molar-refractivity contribution in [1.82, 2.24) is 15.1 Å². The van der Waals surface area contributed by atoms with Crippen LogP contribution in [-0.2, 0) is 24.1 Å². The molecule has 6 nitrogen and oxygen atoms in total. The molecule has 1 aromatic carbocycles. The summed E-state index contributed by atoms with van der Waals surface area (Å²) >= 11 is 0. The van der Waals surface area contributed by atoms with E-state index in [0.29, 0.717) is 32.8 Å². The Morgan fingerprint density at radius 2 is 2.04 bits per heavy atom. The fourth-order valence-electron chi connectivity index (χ4n) is 3.86. The van der Waals surface area contributed by atoms with Crippen LogP contribution < -0.4 is 5.32 Å². The normalized spacial score (nSPS) is 22.7. The Hall–Kier alpha value is -2.24. The molecule has 1 N–H and O–H groups in total. The Bertz CT molecular complexity index is 661. The molecule has 0 aromatic heterocycles. The zero-order valence-corrected chi connectivity index (χ0v) is 13.8. The first kappa shape index (κ1) is 15.3. The third-order valence-electron chi connectivity index (χ3n) is 5.26. The Morgan fingerprint density at radius 1 is 1.21 bits per heavy atom. The van der Waals surface area contributed by atoms with Crippen molar-refractivity contribution in [3.05, 3.63) is 34.9 Å². The molecule has 0 unspecified atom stereocenters. The number of hydrogen-bond acceptors (Lipinski definition) is 3. The van der Waals surface area contributed by atoms with E-state index in [-0.39, 0.29) is 18.2 Å². The SMILES string of the molecule is O=C(NCc1ccc2c(c1)CCCC2)N1CCN2C(=O)OC[C@@H]2C1. The lowest BCUT2D eigenvalue weighted by Gasteiger charge is -2.35. The van der Waals surface area contributed by atoms with Crippen LogP contribution in [0, 0.1) is 0 Å². The molecule has 2 fully saturated rings. The van der Waals surface area contributed by atoms with E-state index in [2.05, 4.69) is 23.5 Å². The van der Waals surface area contributed by atoms with Gasteiger partial charge in [0, 0.05) is 26.2 Å². The van der Waals surface area contributed by atoms with Crippen LogP contribution >= 0.6 is 0 Å². The van der Waals surface area contributed by atoms with Gasteiger partial charge in [-0.25, -0.2) is 9.59 Å². The van der Waals surface area contributed by atoms with Crippen LogP contribution in [0.5, 0.6) is 0 Å². The first-order valence-corrected chi connectivity index (χ1v) is 8.77. The predicted molar refractivity (Wildman–Crippen MR) is 88.7 cm³/mol. The maximum Gasteiger partial charge on any atom is 0.410 e. The summed E-state index contributed by atoms with van der Waals surface area (Å²) in [5.74, 6) is 0. The topological polar surface area (TPSA) is 61.9 Å². The van der Waals surface area contributed by atoms with Crippen molar-refractivity contribution in [3.8, 4) is 0 Å². The van der Waals surface area contributed by atoms with Crippen molar-refractivity contribution in [1.29, 1.82) is 0 Å². The van der Waals surface area contributed by atoms with Crippen LogP contribution in [0.2, 0.25) is 0 Å². The molecule has 0 saturated carbocycles. The number of aryl methyl sites for hydroxylation is 2. The average Bonchev–Trinajstić information content (AvgIpc) is 3.00. The van der Waals surface area contributed by atoms with E-state index in [1.165, 1.54) is 30.4 Å². The second kappa shape index (κ2) is 6.34. The highest BCUT2D eigenvalue weighted by Gasteiger charge is 2.38. The number of carbonyl (C=O) groups excluding carboxylic acids is 2. The number of cyclic esters (lactones) is 1. The minimum Gasteiger partial charge on any atom is -0.447 e. The number of urea groups is 1. The molecular formula is C18H23N3O3. The number of nitrogens with one attached hydrogen (secondary N) is 1. The zero-order valence-electron chi connectivity index (χ0n) is 13.8. The van der Waals surface area contributed by atoms with Gasteiger partial charge in [-0.2, -0.15) is 0 Å². The van der Waals surface area contributed by atoms with Crippen LogP contribution in [0.3, 0.4) is 0 Å². The smallest absolute Gasteiger partial charge is 0.410 e. The molecule has 3 amide bonds. The van der Waals surface area contributed by atoms with Crippen LogP contribution in [0.4, 0.5) is 9.59 Å². The highest BCUT2D eigenvalue weighted by Crippen LogP contribution is 2.22. The van der Waals surface area contributed by atoms with Gasteiger partial charge in [-0.15, -0.1) is 0 Å². The Labute approximate surface area is 141 Å². The average molecular weight is 329 g/mol. The molecule has 4 rings (SSSR count). The summed E-state index contributed by atoms with van der Waals surface area (Å²) in [7, 11) is 0. The molecule has 24 heavy (non-hydrogen) atoms. The zero-order chi connectivity index (χ0) is 16.5. The van der Waals surface area contributed by atoms with E-state index in [4.69, 9.17) is 4.74 Å². The van der Waals surface area contributed by atoms with Gasteiger partial charge in [0.15, 0.2) is 0 Å². The lowest BCUT2D eigenvalue weighted by atomic mass is 9.90. The predicted octanol–water partition coefficient (Wildman–Crippen LogP) is 1.91. The molecule has 3 aliphatic rings. The van der Waals surface area contributed by atoms with Crippen LogP contribution in [0.15, 0.2) is 18.2 Å². The van der Waals surface area contributed by atoms with Gasteiger partial charge in [0.05, 0.1) is 6.04 Å². The van der Waals surface area contributed by atoms with Crippen molar-refractivity contribution in [2.24, 2.45) is 0 Å². The van der Waals surface area contributed by atoms with Gasteiger partial charge in [-0.05, 0) is 42.4 Å². The molecule has 1 aliphatic carbocycles. The quantitative estimate of drug-likeness (QED) is 0.901. The van der Waals surface area contributed by atoms with Gasteiger partial charge in [-0.1, -0.05) is 18.2 Å². The van der Waals surface area contributed by atoms with Crippen LogP contribution in [0.1, 0.15) is 29.5 Å². The second-order valence-corrected chi connectivity index (χ2v) is 6.84. The number of hydrogen-bond donors (Lipinski definition) is 1. The third kappa shape index (κ3) is 2.92. The summed E-state index contributed by atoms with van der Waals surface area (Å²) in [6, 6.07) is 6.49. The van der Waals surface area contributed by atoms with Gasteiger partial charge in [0.25, 0.3) is 0 Å². The minimum absolute atomic E-state index is 0.000689. The first-order valence-electron chi connectivity index (χ1n) is 8.77. The molecule has 128 valence electrons. The number of rotatable bonds is 2. The Balaban J connectivity index is 1.33. The number of nitrogens with zero attached hydrogens (tertiary/aromatic N) is 2. The summed E-state index contributed by atoms with van der Waals surface area (Å²) in [6.45, 7) is 2.58. The van der Waals surface area contributed by atoms with E-state index >= 15 is 0 Å². The Morgan fingerprint density at radius 3 is 2.92 bits per heavy atom. The van der Waals surface area contributed by atoms with Crippen molar-refractivity contribution < 1.29 is 14.3 Å². The maximum atomic E-state index is 12.4. The molecular weight excluding hydrogens is 306 g/mol. The van der Waals surface area contributed by atoms with Gasteiger partial charge < -0.3 is 15.0 Å². The number of carbonyl (C=O) groups is 2. The molecule has 2 aliphatic heterocycles. The van der Waals surface area contributed by atoms with Gasteiger partial charge in [-0.3, -0.25) is 4.90 Å². The number of amides is 3. The van der Waals surface area contributed by atoms with E-state index in [0.717, 1.165) is 12.0 Å². The first-order chi connectivity index (χ1) is 11.7. The molecule has 1 aromatic rings. The standard InChI is InChI=1S/C18H23N3O3/c22-17(20-7-8-21-16(11-20)12-24-18(21)23)19-10-13-5-6-14-3-1-2-4-15(14)9-13/h5-6,9,16H,1-4,7-8,10-12H2,(H,19,22)/t16-/m0/s1. The highest BCUT2D eigenvalue weighted by molar-refractivity contribution is 5.75. The highest BCUT2D eigenvalue weighted by atomic mass is 16.6. The van der Waals surface area contributed by atoms with E-state index < -0.39 is 0 Å². The minimum atomic E-state index is -0.255. The van der Waals surface area contributed by atoms with Gasteiger partial charge in [0.2, 0.25) is 0 Å². The van der Waals surface area contributed by atoms with Crippen molar-refractivity contribution in [3.63, 3.8) is 0 Å². The molecule has 0 spiro atoms. The summed E-state index contributed by atoms with van der Waals surface area (Å²) in [6.07, 6.45) is 4.61. The largest absolute Gasteiger partial charge is 0.447 e. The summed E-state index contributed by atoms with van der Waals surface area (Å²) in [4.78, 5) is 27.4. The second-order valence-electron chi connectivity index (χ2n) is 6.84. The number of fused-ring (bicyclic) bond motifs is 2. The molecule has 6 heteroatoms. The molecule has 1 atom stereocenters. The fourth-order valence-corrected chi connectivity index (χ4v) is 3.86. The summed E-state index contributed by atoms with van der Waals surface area (Å²) < 4.78 is 5.04.